The number of alkyl halides is 4. The molecule has 3 heterocycles. The molecule has 10 nitrogen and oxygen atoms in total. The summed E-state index contributed by atoms with van der Waals surface area (Å²) in [5.74, 6) is -8.12. The molecule has 1 unspecified atom stereocenters. The van der Waals surface area contributed by atoms with Gasteiger partial charge in [0.15, 0.2) is 5.65 Å². The zero-order valence-electron chi connectivity index (χ0n) is 25.4. The Kier molecular flexibility index (Phi) is 11.3. The van der Waals surface area contributed by atoms with Crippen LogP contribution in [0.5, 0.6) is 0 Å². The SMILES string of the molecule is COC1CC1.FC1(F)CCCCC1.[B]C1NC(=O)N(Cc2cnn3cc(CNC(=O)OC(C)(C)C)nc3c2)C([B])([B])C1(F)F. The maximum absolute atomic E-state index is 14.3. The van der Waals surface area contributed by atoms with Crippen molar-refractivity contribution in [1.82, 2.24) is 30.1 Å². The van der Waals surface area contributed by atoms with Crippen LogP contribution in [0.25, 0.3) is 5.65 Å². The van der Waals surface area contributed by atoms with Crippen molar-refractivity contribution in [3.8, 4) is 0 Å². The van der Waals surface area contributed by atoms with E-state index in [4.69, 9.17) is 33.0 Å². The molecule has 6 radical (unpaired) electrons. The summed E-state index contributed by atoms with van der Waals surface area (Å²) in [5.41, 5.74) is 0.559. The molecule has 2 saturated carbocycles. The molecule has 3 aliphatic rings. The molecule has 3 fully saturated rings. The van der Waals surface area contributed by atoms with Crippen LogP contribution < -0.4 is 10.6 Å². The van der Waals surface area contributed by atoms with E-state index in [-0.39, 0.29) is 25.9 Å². The molecule has 2 N–H and O–H groups in total. The lowest BCUT2D eigenvalue weighted by Crippen LogP contribution is -2.76. The van der Waals surface area contributed by atoms with Gasteiger partial charge in [-0.05, 0) is 58.1 Å². The Morgan fingerprint density at radius 2 is 1.80 bits per heavy atom. The van der Waals surface area contributed by atoms with Gasteiger partial charge in [-0.3, -0.25) is 0 Å². The maximum atomic E-state index is 14.3. The quantitative estimate of drug-likeness (QED) is 0.390. The molecule has 3 amide bonds. The van der Waals surface area contributed by atoms with E-state index in [9.17, 15) is 27.2 Å². The van der Waals surface area contributed by atoms with Crippen LogP contribution in [0.1, 0.15) is 77.0 Å². The molecule has 1 saturated heterocycles. The molecule has 0 bridgehead atoms. The van der Waals surface area contributed by atoms with Crippen molar-refractivity contribution >= 4 is 41.3 Å². The first-order valence-electron chi connectivity index (χ1n) is 14.3. The van der Waals surface area contributed by atoms with Crippen LogP contribution in [0.15, 0.2) is 18.5 Å². The molecule has 236 valence electrons. The van der Waals surface area contributed by atoms with Crippen LogP contribution in [0.4, 0.5) is 27.2 Å². The summed E-state index contributed by atoms with van der Waals surface area (Å²) in [6, 6.07) is 0.592. The standard InChI is InChI=1S/C17H19B3F2N6O3.C6H10F2.C4H8O/c1-15(2,3)31-14(30)23-6-10-8-28-11(25-10)4-9(5-24-28)7-27-13(29)26-12(18)16(21,22)17(27,19)20;7-6(8)4-2-1-3-5-6;1-5-4-2-3-4/h4-5,8,12H,6-7H2,1-3H3,(H,23,30)(H,26,29);1-5H2;4H,2-3H2,1H3. The van der Waals surface area contributed by atoms with Crippen molar-refractivity contribution < 1.29 is 36.6 Å². The number of rotatable bonds is 5. The van der Waals surface area contributed by atoms with E-state index in [1.165, 1.54) is 29.6 Å². The molecule has 5 rings (SSSR count). The highest BCUT2D eigenvalue weighted by atomic mass is 19.3. The Morgan fingerprint density at radius 1 is 1.16 bits per heavy atom. The molecule has 2 aromatic rings. The van der Waals surface area contributed by atoms with Crippen molar-refractivity contribution in [3.63, 3.8) is 0 Å². The zero-order valence-corrected chi connectivity index (χ0v) is 25.4. The molecule has 2 aliphatic carbocycles. The fraction of sp³-hybridized carbons (Fsp3) is 0.704. The zero-order chi connectivity index (χ0) is 32.9. The van der Waals surface area contributed by atoms with Crippen LogP contribution >= 0.6 is 0 Å². The predicted molar refractivity (Wildman–Crippen MR) is 157 cm³/mol. The Bertz CT molecular complexity index is 1280. The van der Waals surface area contributed by atoms with Gasteiger partial charge in [-0.2, -0.15) is 5.10 Å². The molecule has 2 aromatic heterocycles. The number of hydrogen-bond acceptors (Lipinski definition) is 6. The number of amides is 3. The number of carbonyl (C=O) groups is 2. The van der Waals surface area contributed by atoms with E-state index >= 15 is 0 Å². The second-order valence-electron chi connectivity index (χ2n) is 12.1. The number of halogens is 4. The van der Waals surface area contributed by atoms with Gasteiger partial charge in [0, 0.05) is 31.8 Å². The summed E-state index contributed by atoms with van der Waals surface area (Å²) in [6.45, 7) is 4.95. The number of aromatic nitrogens is 3. The summed E-state index contributed by atoms with van der Waals surface area (Å²) in [7, 11) is 18.2. The average molecular weight is 618 g/mol. The minimum Gasteiger partial charge on any atom is -0.444 e. The number of imidazole rings is 1. The Hall–Kier alpha value is -2.97. The predicted octanol–water partition coefficient (Wildman–Crippen LogP) is 3.78. The average Bonchev–Trinajstić information content (AvgIpc) is 3.67. The second kappa shape index (κ2) is 14.0. The number of urea groups is 1. The van der Waals surface area contributed by atoms with Gasteiger partial charge in [0.05, 0.1) is 52.4 Å². The van der Waals surface area contributed by atoms with Crippen molar-refractivity contribution in [2.45, 2.75) is 114 Å². The van der Waals surface area contributed by atoms with Crippen LogP contribution in [0, 0.1) is 0 Å². The van der Waals surface area contributed by atoms with Gasteiger partial charge in [0.25, 0.3) is 5.92 Å². The van der Waals surface area contributed by atoms with Crippen LogP contribution in [0.3, 0.4) is 0 Å². The molecule has 1 aliphatic heterocycles. The van der Waals surface area contributed by atoms with E-state index in [0.717, 1.165) is 6.42 Å². The Balaban J connectivity index is 0.000000332. The second-order valence-corrected chi connectivity index (χ2v) is 12.1. The third-order valence-electron chi connectivity index (χ3n) is 6.92. The number of alkyl carbamates (subject to hydrolysis) is 1. The lowest BCUT2D eigenvalue weighted by Gasteiger charge is -2.51. The molecule has 17 heteroatoms. The summed E-state index contributed by atoms with van der Waals surface area (Å²) in [6.07, 6.45) is 8.21. The van der Waals surface area contributed by atoms with Crippen LogP contribution in [-0.2, 0) is 22.6 Å². The fourth-order valence-corrected chi connectivity index (χ4v) is 4.27. The lowest BCUT2D eigenvalue weighted by atomic mass is 9.52. The van der Waals surface area contributed by atoms with E-state index in [2.05, 4.69) is 15.4 Å². The van der Waals surface area contributed by atoms with E-state index in [0.29, 0.717) is 40.8 Å². The third-order valence-corrected chi connectivity index (χ3v) is 6.92. The number of carbonyl (C=O) groups excluding carboxylic acids is 2. The molecule has 0 spiro atoms. The van der Waals surface area contributed by atoms with E-state index < -0.39 is 40.8 Å². The number of nitrogens with one attached hydrogen (secondary N) is 2. The minimum atomic E-state index is -3.79. The largest absolute Gasteiger partial charge is 0.444 e. The highest BCUT2D eigenvalue weighted by Gasteiger charge is 2.57. The first kappa shape index (κ1) is 35.5. The van der Waals surface area contributed by atoms with E-state index in [1.54, 1.807) is 34.1 Å². The number of nitrogens with zero attached hydrogens (tertiary/aromatic N) is 4. The smallest absolute Gasteiger partial charge is 0.407 e. The summed E-state index contributed by atoms with van der Waals surface area (Å²) in [4.78, 5) is 28.8. The highest BCUT2D eigenvalue weighted by molar-refractivity contribution is 6.42. The van der Waals surface area contributed by atoms with Gasteiger partial charge in [-0.1, -0.05) is 6.42 Å². The number of hydrogen-bond donors (Lipinski definition) is 2. The Morgan fingerprint density at radius 3 is 2.30 bits per heavy atom. The fourth-order valence-electron chi connectivity index (χ4n) is 4.27. The molecule has 44 heavy (non-hydrogen) atoms. The number of ether oxygens (including phenoxy) is 2. The van der Waals surface area contributed by atoms with Crippen molar-refractivity contribution in [1.29, 1.82) is 0 Å². The summed E-state index contributed by atoms with van der Waals surface area (Å²) in [5, 5.41) is 5.84. The van der Waals surface area contributed by atoms with Crippen molar-refractivity contribution in [2.24, 2.45) is 0 Å². The van der Waals surface area contributed by atoms with Gasteiger partial charge >= 0.3 is 12.1 Å². The van der Waals surface area contributed by atoms with Gasteiger partial charge in [0.1, 0.15) is 13.4 Å². The first-order valence-corrected chi connectivity index (χ1v) is 14.3. The minimum absolute atomic E-state index is 0.0843. The summed E-state index contributed by atoms with van der Waals surface area (Å²) >= 11 is 0. The lowest BCUT2D eigenvalue weighted by molar-refractivity contribution is -0.0837. The van der Waals surface area contributed by atoms with Gasteiger partial charge in [0.2, 0.25) is 5.92 Å². The molecule has 1 atom stereocenters. The normalized spacial score (nSPS) is 22.0. The van der Waals surface area contributed by atoms with Gasteiger partial charge < -0.3 is 25.0 Å². The summed E-state index contributed by atoms with van der Waals surface area (Å²) < 4.78 is 64.5. The van der Waals surface area contributed by atoms with Gasteiger partial charge in [-0.15, -0.1) is 0 Å². The highest BCUT2D eigenvalue weighted by Crippen LogP contribution is 2.36. The van der Waals surface area contributed by atoms with Crippen molar-refractivity contribution in [2.75, 3.05) is 7.11 Å². The third kappa shape index (κ3) is 9.77. The van der Waals surface area contributed by atoms with Crippen molar-refractivity contribution in [3.05, 3.63) is 29.7 Å². The van der Waals surface area contributed by atoms with Crippen LogP contribution in [0.2, 0.25) is 0 Å². The topological polar surface area (TPSA) is 110 Å². The molecular formula is C27H37B3F4N6O4. The molecule has 0 aromatic carbocycles. The van der Waals surface area contributed by atoms with E-state index in [1.807, 2.05) is 5.32 Å². The Labute approximate surface area is 258 Å². The first-order chi connectivity index (χ1) is 20.3. The monoisotopic (exact) mass is 618 g/mol. The number of fused-ring (bicyclic) bond motifs is 1. The maximum Gasteiger partial charge on any atom is 0.407 e. The van der Waals surface area contributed by atoms with Gasteiger partial charge in [-0.25, -0.2) is 36.7 Å². The number of methoxy groups -OCH3 is 1. The molecular weight excluding hydrogens is 581 g/mol. The van der Waals surface area contributed by atoms with Crippen LogP contribution in [-0.4, -0.2) is 97.1 Å².